The Hall–Kier alpha value is 0.269. The first kappa shape index (κ1) is 17.7. The summed E-state index contributed by atoms with van der Waals surface area (Å²) in [5, 5.41) is 8.41. The Balaban J connectivity index is 0. The van der Waals surface area contributed by atoms with Gasteiger partial charge in [0.15, 0.2) is 0 Å². The van der Waals surface area contributed by atoms with E-state index in [1.165, 1.54) is 44.9 Å². The van der Waals surface area contributed by atoms with Crippen LogP contribution in [0.25, 0.3) is 0 Å². The van der Waals surface area contributed by atoms with Crippen molar-refractivity contribution in [2.75, 3.05) is 0 Å². The second kappa shape index (κ2) is 14.3. The van der Waals surface area contributed by atoms with Gasteiger partial charge in [-0.05, 0) is 6.42 Å². The van der Waals surface area contributed by atoms with Crippen LogP contribution in [0.3, 0.4) is 0 Å². The molecule has 92 valence electrons. The standard InChI is InChI=1S/C12H24O2.Sn.4H/c1-2-3-4-5-6-7-8-9-10-11-12(13)14;;;;;/h2-11H2,1H3,(H,13,14);;;;;. The molecule has 0 aliphatic rings. The van der Waals surface area contributed by atoms with Gasteiger partial charge in [0.05, 0.1) is 0 Å². The number of carboxylic acids is 1. The van der Waals surface area contributed by atoms with Crippen molar-refractivity contribution >= 4 is 29.9 Å². The van der Waals surface area contributed by atoms with Crippen molar-refractivity contribution in [2.24, 2.45) is 0 Å². The van der Waals surface area contributed by atoms with E-state index < -0.39 is 5.97 Å². The number of rotatable bonds is 10. The van der Waals surface area contributed by atoms with Gasteiger partial charge in [-0.25, -0.2) is 0 Å². The van der Waals surface area contributed by atoms with Crippen LogP contribution < -0.4 is 0 Å². The molecule has 0 heterocycles. The Labute approximate surface area is 111 Å². The van der Waals surface area contributed by atoms with Gasteiger partial charge in [0, 0.05) is 6.42 Å². The zero-order chi connectivity index (χ0) is 10.6. The van der Waals surface area contributed by atoms with Crippen LogP contribution >= 0.6 is 0 Å². The predicted molar refractivity (Wildman–Crippen MR) is 70.8 cm³/mol. The van der Waals surface area contributed by atoms with E-state index in [-0.39, 0.29) is 23.9 Å². The number of hydrogen-bond acceptors (Lipinski definition) is 1. The molecule has 0 bridgehead atoms. The van der Waals surface area contributed by atoms with Crippen LogP contribution in [-0.4, -0.2) is 35.0 Å². The summed E-state index contributed by atoms with van der Waals surface area (Å²) in [4.78, 5) is 10.2. The van der Waals surface area contributed by atoms with Crippen LogP contribution in [0.4, 0.5) is 0 Å². The maximum absolute atomic E-state index is 10.2. The van der Waals surface area contributed by atoms with Gasteiger partial charge in [0.25, 0.3) is 0 Å². The molecule has 15 heavy (non-hydrogen) atoms. The molecule has 0 fully saturated rings. The number of aliphatic carboxylic acids is 1. The maximum atomic E-state index is 10.2. The monoisotopic (exact) mass is 324 g/mol. The van der Waals surface area contributed by atoms with Crippen LogP contribution in [0.1, 0.15) is 71.1 Å². The molecule has 0 rings (SSSR count). The normalized spacial score (nSPS) is 9.67. The first-order valence-corrected chi connectivity index (χ1v) is 5.99. The van der Waals surface area contributed by atoms with E-state index >= 15 is 0 Å². The average molecular weight is 323 g/mol. The summed E-state index contributed by atoms with van der Waals surface area (Å²) >= 11 is 0. The molecule has 0 aromatic rings. The van der Waals surface area contributed by atoms with Crippen LogP contribution in [0.15, 0.2) is 0 Å². The summed E-state index contributed by atoms with van der Waals surface area (Å²) in [6, 6.07) is 0. The van der Waals surface area contributed by atoms with E-state index in [9.17, 15) is 4.79 Å². The van der Waals surface area contributed by atoms with Crippen molar-refractivity contribution in [3.05, 3.63) is 0 Å². The summed E-state index contributed by atoms with van der Waals surface area (Å²) in [7, 11) is 0. The molecule has 0 aliphatic carbocycles. The molecule has 3 heteroatoms. The fourth-order valence-electron chi connectivity index (χ4n) is 1.59. The Bertz CT molecular complexity index is 138. The van der Waals surface area contributed by atoms with E-state index in [1.54, 1.807) is 0 Å². The number of carboxylic acid groups (broad SMARTS) is 1. The fraction of sp³-hybridized carbons (Fsp3) is 0.917. The third kappa shape index (κ3) is 16.9. The van der Waals surface area contributed by atoms with Gasteiger partial charge in [-0.2, -0.15) is 0 Å². The van der Waals surface area contributed by atoms with Gasteiger partial charge in [0.2, 0.25) is 0 Å². The van der Waals surface area contributed by atoms with E-state index in [4.69, 9.17) is 5.11 Å². The number of hydrogen-bond donors (Lipinski definition) is 1. The summed E-state index contributed by atoms with van der Waals surface area (Å²) in [6.45, 7) is 2.23. The van der Waals surface area contributed by atoms with Crippen LogP contribution in [0, 0.1) is 0 Å². The van der Waals surface area contributed by atoms with E-state index in [2.05, 4.69) is 6.92 Å². The minimum atomic E-state index is -0.659. The predicted octanol–water partition coefficient (Wildman–Crippen LogP) is 2.54. The number of carbonyl (C=O) groups is 1. The topological polar surface area (TPSA) is 37.3 Å². The Morgan fingerprint density at radius 1 is 0.867 bits per heavy atom. The Morgan fingerprint density at radius 3 is 1.67 bits per heavy atom. The van der Waals surface area contributed by atoms with Crippen molar-refractivity contribution in [3.63, 3.8) is 0 Å². The molecule has 0 aromatic carbocycles. The molecule has 0 saturated carbocycles. The minimum absolute atomic E-state index is 0. The van der Waals surface area contributed by atoms with Crippen LogP contribution in [-0.2, 0) is 4.79 Å². The zero-order valence-electron chi connectivity index (χ0n) is 9.43. The Morgan fingerprint density at radius 2 is 1.27 bits per heavy atom. The average Bonchev–Trinajstić information content (AvgIpc) is 2.15. The van der Waals surface area contributed by atoms with E-state index in [1.807, 2.05) is 0 Å². The van der Waals surface area contributed by atoms with Crippen molar-refractivity contribution in [3.8, 4) is 0 Å². The van der Waals surface area contributed by atoms with Crippen LogP contribution in [0.5, 0.6) is 0 Å². The fourth-order valence-corrected chi connectivity index (χ4v) is 1.59. The molecule has 1 N–H and O–H groups in total. The second-order valence-electron chi connectivity index (χ2n) is 3.97. The van der Waals surface area contributed by atoms with Crippen molar-refractivity contribution in [2.45, 2.75) is 71.1 Å². The molecular formula is C12H28O2Sn. The molecule has 0 amide bonds. The SMILES string of the molecule is CCCCCCCCCCCC(=O)O.[SnH4]. The van der Waals surface area contributed by atoms with Gasteiger partial charge >= 0.3 is 29.9 Å². The van der Waals surface area contributed by atoms with E-state index in [0.717, 1.165) is 12.8 Å². The molecule has 0 saturated heterocycles. The molecule has 0 radical (unpaired) electrons. The molecule has 0 spiro atoms. The van der Waals surface area contributed by atoms with Gasteiger partial charge in [-0.15, -0.1) is 0 Å². The Kier molecular flexibility index (Phi) is 16.8. The summed E-state index contributed by atoms with van der Waals surface area (Å²) in [6.07, 6.45) is 11.5. The quantitative estimate of drug-likeness (QED) is 0.496. The van der Waals surface area contributed by atoms with Crippen LogP contribution in [0.2, 0.25) is 0 Å². The molecular weight excluding hydrogens is 295 g/mol. The number of unbranched alkanes of at least 4 members (excludes halogenated alkanes) is 8. The third-order valence-corrected chi connectivity index (χ3v) is 2.49. The summed E-state index contributed by atoms with van der Waals surface area (Å²) < 4.78 is 0. The van der Waals surface area contributed by atoms with E-state index in [0.29, 0.717) is 6.42 Å². The van der Waals surface area contributed by atoms with Crippen molar-refractivity contribution < 1.29 is 9.90 Å². The van der Waals surface area contributed by atoms with Gasteiger partial charge in [-0.1, -0.05) is 58.3 Å². The second-order valence-corrected chi connectivity index (χ2v) is 3.97. The van der Waals surface area contributed by atoms with Crippen molar-refractivity contribution in [1.29, 1.82) is 0 Å². The molecule has 0 unspecified atom stereocenters. The summed E-state index contributed by atoms with van der Waals surface area (Å²) in [5.41, 5.74) is 0. The molecule has 0 aliphatic heterocycles. The first-order valence-electron chi connectivity index (χ1n) is 5.99. The molecule has 2 nitrogen and oxygen atoms in total. The van der Waals surface area contributed by atoms with Crippen molar-refractivity contribution in [1.82, 2.24) is 0 Å². The molecule has 0 atom stereocenters. The zero-order valence-corrected chi connectivity index (χ0v) is 9.43. The van der Waals surface area contributed by atoms with Gasteiger partial charge in [0.1, 0.15) is 0 Å². The third-order valence-electron chi connectivity index (χ3n) is 2.49. The van der Waals surface area contributed by atoms with Gasteiger partial charge in [-0.3, -0.25) is 4.79 Å². The first-order chi connectivity index (χ1) is 6.77. The summed E-state index contributed by atoms with van der Waals surface area (Å²) in [5.74, 6) is -0.659. The van der Waals surface area contributed by atoms with Gasteiger partial charge < -0.3 is 5.11 Å². The molecule has 0 aromatic heterocycles.